The van der Waals surface area contributed by atoms with Crippen LogP contribution >= 0.6 is 0 Å². The molecule has 0 spiro atoms. The number of unbranched alkanes of at least 4 members (excludes halogenated alkanes) is 4. The second kappa shape index (κ2) is 6.54. The van der Waals surface area contributed by atoms with E-state index >= 15 is 0 Å². The Bertz CT molecular complexity index is 247. The smallest absolute Gasteiger partial charge is 0.152 e. The summed E-state index contributed by atoms with van der Waals surface area (Å²) in [6.45, 7) is 3.07. The fraction of sp³-hybridized carbons (Fsp3) is 0.800. The Balaban J connectivity index is 2.17. The molecule has 1 aromatic heterocycles. The third kappa shape index (κ3) is 3.46. The van der Waals surface area contributed by atoms with Gasteiger partial charge in [-0.3, -0.25) is 0 Å². The van der Waals surface area contributed by atoms with E-state index in [4.69, 9.17) is 5.11 Å². The summed E-state index contributed by atoms with van der Waals surface area (Å²) in [6.07, 6.45) is 7.72. The quantitative estimate of drug-likeness (QED) is 0.677. The van der Waals surface area contributed by atoms with Crippen LogP contribution in [0.3, 0.4) is 0 Å². The van der Waals surface area contributed by atoms with E-state index in [0.717, 1.165) is 13.0 Å². The third-order valence-corrected chi connectivity index (χ3v) is 2.31. The van der Waals surface area contributed by atoms with E-state index in [2.05, 4.69) is 17.0 Å². The Morgan fingerprint density at radius 3 is 2.79 bits per heavy atom. The molecule has 0 saturated carbocycles. The second-order valence-corrected chi connectivity index (χ2v) is 3.47. The molecule has 1 rings (SSSR count). The van der Waals surface area contributed by atoms with Gasteiger partial charge in [0, 0.05) is 6.54 Å². The molecule has 14 heavy (non-hydrogen) atoms. The van der Waals surface area contributed by atoms with Crippen LogP contribution in [-0.4, -0.2) is 19.9 Å². The molecule has 0 unspecified atom stereocenters. The molecule has 0 aromatic carbocycles. The van der Waals surface area contributed by atoms with Crippen LogP contribution in [0.4, 0.5) is 0 Å². The first kappa shape index (κ1) is 11.2. The summed E-state index contributed by atoms with van der Waals surface area (Å²) in [5.74, 6) is 0.667. The minimum atomic E-state index is -0.0189. The average molecular weight is 197 g/mol. The van der Waals surface area contributed by atoms with E-state index in [-0.39, 0.29) is 6.61 Å². The van der Waals surface area contributed by atoms with Crippen molar-refractivity contribution in [1.29, 1.82) is 0 Å². The first-order chi connectivity index (χ1) is 6.88. The normalized spacial score (nSPS) is 10.7. The summed E-state index contributed by atoms with van der Waals surface area (Å²) in [7, 11) is 0. The van der Waals surface area contributed by atoms with Crippen LogP contribution < -0.4 is 0 Å². The van der Waals surface area contributed by atoms with Gasteiger partial charge in [-0.1, -0.05) is 32.6 Å². The molecule has 0 aliphatic heterocycles. The number of aromatic nitrogens is 3. The van der Waals surface area contributed by atoms with Gasteiger partial charge < -0.3 is 5.11 Å². The maximum absolute atomic E-state index is 8.92. The zero-order valence-corrected chi connectivity index (χ0v) is 8.82. The van der Waals surface area contributed by atoms with E-state index in [1.54, 1.807) is 4.68 Å². The monoisotopic (exact) mass is 197 g/mol. The molecule has 0 radical (unpaired) electrons. The van der Waals surface area contributed by atoms with Gasteiger partial charge in [0.1, 0.15) is 12.9 Å². The fourth-order valence-electron chi connectivity index (χ4n) is 1.46. The number of hydrogen-bond acceptors (Lipinski definition) is 3. The molecule has 0 aliphatic rings. The predicted molar refractivity (Wildman–Crippen MR) is 54.7 cm³/mol. The largest absolute Gasteiger partial charge is 0.388 e. The van der Waals surface area contributed by atoms with Crippen molar-refractivity contribution in [1.82, 2.24) is 14.8 Å². The van der Waals surface area contributed by atoms with Gasteiger partial charge >= 0.3 is 0 Å². The molecule has 0 aliphatic carbocycles. The molecule has 4 heteroatoms. The number of aliphatic hydroxyl groups excluding tert-OH is 1. The molecule has 0 atom stereocenters. The van der Waals surface area contributed by atoms with E-state index in [9.17, 15) is 0 Å². The number of aliphatic hydroxyl groups is 1. The molecule has 1 N–H and O–H groups in total. The average Bonchev–Trinajstić information content (AvgIpc) is 2.65. The lowest BCUT2D eigenvalue weighted by atomic mass is 10.1. The van der Waals surface area contributed by atoms with Crippen LogP contribution in [0, 0.1) is 0 Å². The van der Waals surface area contributed by atoms with Gasteiger partial charge in [0.25, 0.3) is 0 Å². The summed E-state index contributed by atoms with van der Waals surface area (Å²) < 4.78 is 1.78. The Labute approximate surface area is 85.0 Å². The van der Waals surface area contributed by atoms with Crippen LogP contribution in [0.25, 0.3) is 0 Å². The topological polar surface area (TPSA) is 50.9 Å². The molecule has 0 saturated heterocycles. The van der Waals surface area contributed by atoms with Crippen molar-refractivity contribution in [2.45, 2.75) is 52.2 Å². The van der Waals surface area contributed by atoms with Gasteiger partial charge in [-0.2, -0.15) is 5.10 Å². The van der Waals surface area contributed by atoms with Crippen LogP contribution in [0.5, 0.6) is 0 Å². The number of rotatable bonds is 7. The molecule has 0 amide bonds. The molecular weight excluding hydrogens is 178 g/mol. The van der Waals surface area contributed by atoms with Crippen molar-refractivity contribution in [3.63, 3.8) is 0 Å². The summed E-state index contributed by atoms with van der Waals surface area (Å²) in [4.78, 5) is 3.95. The molecule has 1 aromatic rings. The zero-order valence-electron chi connectivity index (χ0n) is 8.82. The van der Waals surface area contributed by atoms with Crippen LogP contribution in [0.2, 0.25) is 0 Å². The number of aryl methyl sites for hydroxylation is 1. The van der Waals surface area contributed by atoms with Crippen LogP contribution in [0.1, 0.15) is 44.9 Å². The Morgan fingerprint density at radius 2 is 2.07 bits per heavy atom. The third-order valence-electron chi connectivity index (χ3n) is 2.31. The molecule has 0 bridgehead atoms. The zero-order chi connectivity index (χ0) is 10.2. The highest BCUT2D eigenvalue weighted by atomic mass is 16.3. The Kier molecular flexibility index (Phi) is 5.22. The van der Waals surface area contributed by atoms with E-state index in [1.807, 2.05) is 0 Å². The first-order valence-electron chi connectivity index (χ1n) is 5.36. The van der Waals surface area contributed by atoms with Crippen molar-refractivity contribution in [2.24, 2.45) is 0 Å². The molecular formula is C10H19N3O. The van der Waals surface area contributed by atoms with Gasteiger partial charge in [-0.25, -0.2) is 9.67 Å². The standard InChI is InChI=1S/C10H19N3O/c1-2-3-4-5-6-7-13-10(8-14)11-9-12-13/h9,14H,2-8H2,1H3. The van der Waals surface area contributed by atoms with Crippen LogP contribution in [0.15, 0.2) is 6.33 Å². The van der Waals surface area contributed by atoms with Crippen molar-refractivity contribution < 1.29 is 5.11 Å². The van der Waals surface area contributed by atoms with Gasteiger partial charge in [0.2, 0.25) is 0 Å². The van der Waals surface area contributed by atoms with Gasteiger partial charge in [0.15, 0.2) is 5.82 Å². The lowest BCUT2D eigenvalue weighted by Gasteiger charge is -2.03. The predicted octanol–water partition coefficient (Wildman–Crippen LogP) is 1.74. The Hall–Kier alpha value is -0.900. The van der Waals surface area contributed by atoms with E-state index in [1.165, 1.54) is 32.0 Å². The van der Waals surface area contributed by atoms with Crippen molar-refractivity contribution in [2.75, 3.05) is 0 Å². The van der Waals surface area contributed by atoms with Crippen molar-refractivity contribution in [3.8, 4) is 0 Å². The summed E-state index contributed by atoms with van der Waals surface area (Å²) in [6, 6.07) is 0. The van der Waals surface area contributed by atoms with Gasteiger partial charge in [0.05, 0.1) is 0 Å². The fourth-order valence-corrected chi connectivity index (χ4v) is 1.46. The van der Waals surface area contributed by atoms with Crippen molar-refractivity contribution >= 4 is 0 Å². The van der Waals surface area contributed by atoms with E-state index in [0.29, 0.717) is 5.82 Å². The van der Waals surface area contributed by atoms with Crippen LogP contribution in [-0.2, 0) is 13.2 Å². The molecule has 80 valence electrons. The molecule has 1 heterocycles. The maximum Gasteiger partial charge on any atom is 0.152 e. The van der Waals surface area contributed by atoms with E-state index < -0.39 is 0 Å². The van der Waals surface area contributed by atoms with Gasteiger partial charge in [-0.05, 0) is 6.42 Å². The number of nitrogens with zero attached hydrogens (tertiary/aromatic N) is 3. The molecule has 0 fully saturated rings. The highest BCUT2D eigenvalue weighted by Crippen LogP contribution is 2.04. The lowest BCUT2D eigenvalue weighted by molar-refractivity contribution is 0.261. The molecule has 4 nitrogen and oxygen atoms in total. The second-order valence-electron chi connectivity index (χ2n) is 3.47. The highest BCUT2D eigenvalue weighted by molar-refractivity contribution is 4.80. The number of hydrogen-bond donors (Lipinski definition) is 1. The minimum Gasteiger partial charge on any atom is -0.388 e. The van der Waals surface area contributed by atoms with Crippen molar-refractivity contribution in [3.05, 3.63) is 12.2 Å². The summed E-state index contributed by atoms with van der Waals surface area (Å²) in [5.41, 5.74) is 0. The maximum atomic E-state index is 8.92. The van der Waals surface area contributed by atoms with Gasteiger partial charge in [-0.15, -0.1) is 0 Å². The minimum absolute atomic E-state index is 0.0189. The lowest BCUT2D eigenvalue weighted by Crippen LogP contribution is -2.05. The SMILES string of the molecule is CCCCCCCn1ncnc1CO. The Morgan fingerprint density at radius 1 is 1.29 bits per heavy atom. The highest BCUT2D eigenvalue weighted by Gasteiger charge is 2.01. The summed E-state index contributed by atoms with van der Waals surface area (Å²) in [5, 5.41) is 13.0. The first-order valence-corrected chi connectivity index (χ1v) is 5.36. The summed E-state index contributed by atoms with van der Waals surface area (Å²) >= 11 is 0.